The van der Waals surface area contributed by atoms with Crippen LogP contribution in [-0.2, 0) is 16.1 Å². The number of halogens is 3. The molecule has 6 aliphatic heterocycles. The number of rotatable bonds is 11. The molecule has 0 radical (unpaired) electrons. The van der Waals surface area contributed by atoms with Crippen LogP contribution >= 0.6 is 0 Å². The normalized spacial score (nSPS) is 24.1. The van der Waals surface area contributed by atoms with E-state index < -0.39 is 29.4 Å². The molecule has 3 atom stereocenters. The number of pyridine rings is 1. The van der Waals surface area contributed by atoms with E-state index in [-0.39, 0.29) is 69.6 Å². The van der Waals surface area contributed by atoms with Gasteiger partial charge in [0.15, 0.2) is 17.5 Å². The number of aromatic nitrogens is 3. The first-order chi connectivity index (χ1) is 33.4. The Morgan fingerprint density at radius 1 is 0.812 bits per heavy atom. The summed E-state index contributed by atoms with van der Waals surface area (Å²) in [6, 6.07) is 11.4. The second-order valence-electron chi connectivity index (χ2n) is 20.6. The van der Waals surface area contributed by atoms with E-state index in [4.69, 9.17) is 15.5 Å². The Labute approximate surface area is 397 Å². The standard InChI is InChI=1S/C51H56F3N11O4/c52-39-6-1-30-19-32(55)21-37(42(30)43(39)53)45-44(54)46-38(22-56-45)47(64-25-33-2-3-34(26-64)57-33)60-50(59-46)69-28-51(11-12-51)27-62-13-9-29(10-14-62)23-61-15-17-63(18-16-61)35-4-5-36-31(20-35)24-65(49(36)68)40-7-8-41(66)58-48(40)67/h1,4-6,19-22,29,33-34,40,57H,2-3,7-18,23-28,55H2,(H,58,66,67)/t33?,34?,40-/m0/s1. The lowest BCUT2D eigenvalue weighted by atomic mass is 9.94. The number of hydrogen-bond donors (Lipinski definition) is 3. The number of nitrogens with one attached hydrogen (secondary N) is 2. The molecular formula is C51H56F3N11O4. The minimum atomic E-state index is -1.10. The van der Waals surface area contributed by atoms with Gasteiger partial charge in [-0.25, -0.2) is 13.2 Å². The number of anilines is 3. The molecule has 2 bridgehead atoms. The van der Waals surface area contributed by atoms with Crippen molar-refractivity contribution in [2.45, 2.75) is 76.0 Å². The first-order valence-corrected chi connectivity index (χ1v) is 24.6. The van der Waals surface area contributed by atoms with Crippen LogP contribution in [0, 0.1) is 28.8 Å². The molecule has 12 rings (SSSR count). The first-order valence-electron chi connectivity index (χ1n) is 24.6. The van der Waals surface area contributed by atoms with Gasteiger partial charge in [0.1, 0.15) is 23.1 Å². The summed E-state index contributed by atoms with van der Waals surface area (Å²) < 4.78 is 53.4. The lowest BCUT2D eigenvalue weighted by molar-refractivity contribution is -0.136. The summed E-state index contributed by atoms with van der Waals surface area (Å²) in [7, 11) is 0. The van der Waals surface area contributed by atoms with Gasteiger partial charge in [0.25, 0.3) is 5.91 Å². The van der Waals surface area contributed by atoms with Crippen LogP contribution in [0.3, 0.4) is 0 Å². The van der Waals surface area contributed by atoms with Gasteiger partial charge in [-0.3, -0.25) is 29.6 Å². The lowest BCUT2D eigenvalue weighted by Crippen LogP contribution is -2.52. The Hall–Kier alpha value is -6.11. The molecule has 15 nitrogen and oxygen atoms in total. The van der Waals surface area contributed by atoms with Crippen LogP contribution < -0.4 is 30.9 Å². The number of carbonyl (C=O) groups is 3. The molecule has 1 aliphatic carbocycles. The Morgan fingerprint density at radius 2 is 1.59 bits per heavy atom. The summed E-state index contributed by atoms with van der Waals surface area (Å²) in [5.74, 6) is -2.59. The molecule has 8 heterocycles. The van der Waals surface area contributed by atoms with Crippen molar-refractivity contribution in [1.82, 2.24) is 40.3 Å². The summed E-state index contributed by atoms with van der Waals surface area (Å²) in [4.78, 5) is 62.8. The Bertz CT molecular complexity index is 2890. The van der Waals surface area contributed by atoms with Crippen molar-refractivity contribution < 1.29 is 32.3 Å². The number of imide groups is 1. The van der Waals surface area contributed by atoms with Crippen molar-refractivity contribution in [3.63, 3.8) is 0 Å². The number of carbonyl (C=O) groups excluding carboxylic acids is 3. The van der Waals surface area contributed by atoms with Crippen molar-refractivity contribution in [2.75, 3.05) is 87.6 Å². The van der Waals surface area contributed by atoms with Crippen LogP contribution in [0.1, 0.15) is 67.3 Å². The number of nitrogens with zero attached hydrogens (tertiary/aromatic N) is 8. The molecule has 7 aliphatic rings. The molecule has 3 aromatic carbocycles. The number of likely N-dealkylation sites (tertiary alicyclic amines) is 1. The maximum atomic E-state index is 17.0. The first kappa shape index (κ1) is 44.1. The van der Waals surface area contributed by atoms with E-state index in [9.17, 15) is 18.8 Å². The van der Waals surface area contributed by atoms with Crippen LogP contribution in [0.25, 0.3) is 32.9 Å². The third-order valence-electron chi connectivity index (χ3n) is 15.9. The van der Waals surface area contributed by atoms with Gasteiger partial charge in [-0.15, -0.1) is 0 Å². The van der Waals surface area contributed by atoms with Crippen LogP contribution in [0.15, 0.2) is 48.7 Å². The van der Waals surface area contributed by atoms with Gasteiger partial charge in [0.05, 0.1) is 12.0 Å². The Kier molecular flexibility index (Phi) is 11.1. The van der Waals surface area contributed by atoms with Gasteiger partial charge in [-0.05, 0) is 111 Å². The zero-order chi connectivity index (χ0) is 47.1. The second-order valence-corrected chi connectivity index (χ2v) is 20.6. The molecule has 1 saturated carbocycles. The average Bonchev–Trinajstić information content (AvgIpc) is 3.92. The maximum Gasteiger partial charge on any atom is 0.319 e. The quantitative estimate of drug-likeness (QED) is 0.117. The van der Waals surface area contributed by atoms with E-state index in [2.05, 4.69) is 46.3 Å². The Morgan fingerprint density at radius 3 is 2.35 bits per heavy atom. The number of benzene rings is 3. The highest BCUT2D eigenvalue weighted by Crippen LogP contribution is 2.47. The zero-order valence-electron chi connectivity index (χ0n) is 38.5. The van der Waals surface area contributed by atoms with Crippen molar-refractivity contribution in [3.8, 4) is 17.3 Å². The minimum absolute atomic E-state index is 0.00704. The fraction of sp³-hybridized carbons (Fsp3) is 0.490. The van der Waals surface area contributed by atoms with Gasteiger partial charge < -0.3 is 35.4 Å². The molecule has 5 saturated heterocycles. The SMILES string of the molecule is Nc1cc(-c2ncc3c(N4CC5CCC(C4)N5)nc(OCC4(CN5CCC(CN6CCN(c7ccc8c(c7)CN([C@H]7CCC(=O)NC7=O)C8=O)CC6)CC5)CC4)nc3c2F)c2c(F)c(F)ccc2c1. The van der Waals surface area contributed by atoms with E-state index in [0.717, 1.165) is 108 Å². The smallest absolute Gasteiger partial charge is 0.319 e. The molecule has 6 fully saturated rings. The third-order valence-corrected chi connectivity index (χ3v) is 15.9. The molecule has 5 aromatic rings. The fourth-order valence-electron chi connectivity index (χ4n) is 11.9. The Balaban J connectivity index is 0.678. The summed E-state index contributed by atoms with van der Waals surface area (Å²) in [5.41, 5.74) is 8.94. The summed E-state index contributed by atoms with van der Waals surface area (Å²) in [6.45, 7) is 9.90. The number of hydrogen-bond acceptors (Lipinski definition) is 13. The molecule has 3 amide bonds. The molecular weight excluding hydrogens is 888 g/mol. The minimum Gasteiger partial charge on any atom is -0.463 e. The van der Waals surface area contributed by atoms with Gasteiger partial charge in [0, 0.05) is 117 Å². The van der Waals surface area contributed by atoms with Crippen molar-refractivity contribution in [2.24, 2.45) is 11.3 Å². The highest BCUT2D eigenvalue weighted by molar-refractivity contribution is 6.06. The fourth-order valence-corrected chi connectivity index (χ4v) is 11.9. The van der Waals surface area contributed by atoms with Crippen molar-refractivity contribution in [3.05, 3.63) is 77.2 Å². The maximum absolute atomic E-state index is 17.0. The number of nitrogens with two attached hydrogens (primary N) is 1. The van der Waals surface area contributed by atoms with E-state index >= 15 is 8.78 Å². The second kappa shape index (κ2) is 17.4. The molecule has 4 N–H and O–H groups in total. The predicted molar refractivity (Wildman–Crippen MR) is 254 cm³/mol. The van der Waals surface area contributed by atoms with Crippen LogP contribution in [0.5, 0.6) is 6.01 Å². The number of fused-ring (bicyclic) bond motifs is 5. The summed E-state index contributed by atoms with van der Waals surface area (Å²) in [5, 5.41) is 6.69. The molecule has 18 heteroatoms. The molecule has 2 unspecified atom stereocenters. The van der Waals surface area contributed by atoms with Crippen molar-refractivity contribution in [1.29, 1.82) is 0 Å². The van der Waals surface area contributed by atoms with Crippen molar-refractivity contribution >= 4 is 56.6 Å². The lowest BCUT2D eigenvalue weighted by Gasteiger charge is -2.40. The monoisotopic (exact) mass is 943 g/mol. The number of ether oxygens (including phenoxy) is 1. The van der Waals surface area contributed by atoms with Gasteiger partial charge in [0.2, 0.25) is 11.8 Å². The number of piperazine rings is 2. The summed E-state index contributed by atoms with van der Waals surface area (Å²) >= 11 is 0. The van der Waals surface area contributed by atoms with E-state index in [1.165, 1.54) is 24.4 Å². The summed E-state index contributed by atoms with van der Waals surface area (Å²) in [6.07, 6.45) is 8.49. The predicted octanol–water partition coefficient (Wildman–Crippen LogP) is 5.24. The average molecular weight is 944 g/mol. The molecule has 69 heavy (non-hydrogen) atoms. The van der Waals surface area contributed by atoms with Gasteiger partial charge in [-0.1, -0.05) is 6.07 Å². The van der Waals surface area contributed by atoms with E-state index in [1.807, 2.05) is 12.1 Å². The molecule has 2 aromatic heterocycles. The van der Waals surface area contributed by atoms with Gasteiger partial charge >= 0.3 is 6.01 Å². The highest BCUT2D eigenvalue weighted by atomic mass is 19.2. The topological polar surface area (TPSA) is 165 Å². The van der Waals surface area contributed by atoms with E-state index in [0.29, 0.717) is 60.7 Å². The van der Waals surface area contributed by atoms with E-state index in [1.54, 1.807) is 4.90 Å². The van der Waals surface area contributed by atoms with Crippen LogP contribution in [0.2, 0.25) is 0 Å². The number of nitrogen functional groups attached to an aromatic ring is 1. The highest BCUT2D eigenvalue weighted by Gasteiger charge is 2.46. The molecule has 360 valence electrons. The largest absolute Gasteiger partial charge is 0.463 e. The van der Waals surface area contributed by atoms with Gasteiger partial charge in [-0.2, -0.15) is 9.97 Å². The van der Waals surface area contributed by atoms with Crippen LogP contribution in [-0.4, -0.2) is 138 Å². The third kappa shape index (κ3) is 8.37. The van der Waals surface area contributed by atoms with Crippen LogP contribution in [0.4, 0.5) is 30.4 Å². The number of piperidine rings is 2. The molecule has 0 spiro atoms. The number of amides is 3. The zero-order valence-corrected chi connectivity index (χ0v) is 38.5.